The fourth-order valence-electron chi connectivity index (χ4n) is 2.55. The minimum Gasteiger partial charge on any atom is -0.493 e. The number of anilines is 2. The van der Waals surface area contributed by atoms with Crippen molar-refractivity contribution in [3.05, 3.63) is 52.4 Å². The zero-order valence-electron chi connectivity index (χ0n) is 16.0. The first-order valence-electron chi connectivity index (χ1n) is 8.55. The van der Waals surface area contributed by atoms with Gasteiger partial charge in [0.2, 0.25) is 11.0 Å². The van der Waals surface area contributed by atoms with E-state index >= 15 is 0 Å². The van der Waals surface area contributed by atoms with Crippen molar-refractivity contribution in [1.29, 1.82) is 0 Å². The first-order chi connectivity index (χ1) is 14.0. The van der Waals surface area contributed by atoms with Crippen LogP contribution in [0.3, 0.4) is 0 Å². The van der Waals surface area contributed by atoms with Gasteiger partial charge >= 0.3 is 0 Å². The molecule has 0 radical (unpaired) electrons. The normalized spacial score (nSPS) is 10.8. The van der Waals surface area contributed by atoms with Crippen LogP contribution in [0.1, 0.15) is 12.5 Å². The minimum absolute atomic E-state index is 0.106. The van der Waals surface area contributed by atoms with Gasteiger partial charge < -0.3 is 14.8 Å². The molecule has 1 amide bonds. The highest BCUT2D eigenvalue weighted by Gasteiger charge is 2.12. The molecule has 1 heterocycles. The molecule has 7 nitrogen and oxygen atoms in total. The number of ether oxygens (including phenoxy) is 2. The second-order valence-electron chi connectivity index (χ2n) is 5.87. The van der Waals surface area contributed by atoms with Gasteiger partial charge in [-0.2, -0.15) is 5.10 Å². The molecule has 0 spiro atoms. The zero-order valence-corrected chi connectivity index (χ0v) is 17.6. The predicted molar refractivity (Wildman–Crippen MR) is 118 cm³/mol. The molecule has 29 heavy (non-hydrogen) atoms. The van der Waals surface area contributed by atoms with E-state index in [1.807, 2.05) is 29.6 Å². The van der Waals surface area contributed by atoms with E-state index in [0.717, 1.165) is 16.9 Å². The fourth-order valence-corrected chi connectivity index (χ4v) is 3.50. The summed E-state index contributed by atoms with van der Waals surface area (Å²) >= 11 is 7.77. The Kier molecular flexibility index (Phi) is 6.69. The summed E-state index contributed by atoms with van der Waals surface area (Å²) in [7, 11) is 3.08. The zero-order chi connectivity index (χ0) is 20.8. The number of nitrogens with zero attached hydrogens (tertiary/aromatic N) is 2. The molecular formula is C20H19ClN4O3S. The van der Waals surface area contributed by atoms with E-state index in [4.69, 9.17) is 21.1 Å². The summed E-state index contributed by atoms with van der Waals surface area (Å²) in [4.78, 5) is 15.6. The maximum Gasteiger partial charge on any atom is 0.221 e. The standard InChI is InChI=1S/C20H19ClN4O3S/c1-12(26)23-15-7-4-13(5-8-15)16-11-29-20(24-16)25-22-10-14-6-9-17(27-2)19(28-3)18(14)21/h4-11H,1-3H3,(H,23,26)(H,24,25)/b22-10-. The van der Waals surface area contributed by atoms with Gasteiger partial charge in [-0.15, -0.1) is 11.3 Å². The highest BCUT2D eigenvalue weighted by molar-refractivity contribution is 7.14. The average molecular weight is 431 g/mol. The van der Waals surface area contributed by atoms with E-state index in [9.17, 15) is 4.79 Å². The monoisotopic (exact) mass is 430 g/mol. The van der Waals surface area contributed by atoms with Gasteiger partial charge in [-0.3, -0.25) is 10.2 Å². The molecule has 0 aliphatic carbocycles. The average Bonchev–Trinajstić information content (AvgIpc) is 3.18. The van der Waals surface area contributed by atoms with Crippen LogP contribution < -0.4 is 20.2 Å². The fraction of sp³-hybridized carbons (Fsp3) is 0.150. The van der Waals surface area contributed by atoms with Gasteiger partial charge in [-0.1, -0.05) is 23.7 Å². The van der Waals surface area contributed by atoms with Crippen molar-refractivity contribution in [2.75, 3.05) is 25.0 Å². The number of hydrazone groups is 1. The number of amides is 1. The Labute approximate surface area is 177 Å². The molecule has 0 aliphatic heterocycles. The number of hydrogen-bond donors (Lipinski definition) is 2. The lowest BCUT2D eigenvalue weighted by Crippen LogP contribution is -2.05. The molecule has 0 atom stereocenters. The Hall–Kier alpha value is -3.10. The van der Waals surface area contributed by atoms with Crippen LogP contribution in [0.4, 0.5) is 10.8 Å². The molecule has 0 unspecified atom stereocenters. The Balaban J connectivity index is 1.69. The molecule has 9 heteroatoms. The van der Waals surface area contributed by atoms with Crippen LogP contribution in [-0.4, -0.2) is 31.3 Å². The summed E-state index contributed by atoms with van der Waals surface area (Å²) in [5, 5.41) is 9.91. The maximum atomic E-state index is 11.1. The molecule has 2 aromatic carbocycles. The molecule has 0 saturated heterocycles. The third kappa shape index (κ3) is 5.04. The van der Waals surface area contributed by atoms with Crippen LogP contribution in [0.2, 0.25) is 5.02 Å². The number of carbonyl (C=O) groups is 1. The smallest absolute Gasteiger partial charge is 0.221 e. The lowest BCUT2D eigenvalue weighted by atomic mass is 10.1. The van der Waals surface area contributed by atoms with Crippen molar-refractivity contribution in [1.82, 2.24) is 4.98 Å². The first-order valence-corrected chi connectivity index (χ1v) is 9.80. The van der Waals surface area contributed by atoms with Crippen molar-refractivity contribution >= 4 is 45.9 Å². The van der Waals surface area contributed by atoms with Crippen molar-refractivity contribution < 1.29 is 14.3 Å². The molecule has 0 fully saturated rings. The van der Waals surface area contributed by atoms with Crippen LogP contribution in [-0.2, 0) is 4.79 Å². The molecule has 150 valence electrons. The van der Waals surface area contributed by atoms with E-state index in [1.165, 1.54) is 25.4 Å². The lowest BCUT2D eigenvalue weighted by molar-refractivity contribution is -0.114. The van der Waals surface area contributed by atoms with Gasteiger partial charge in [-0.05, 0) is 24.3 Å². The summed E-state index contributed by atoms with van der Waals surface area (Å²) < 4.78 is 10.5. The maximum absolute atomic E-state index is 11.1. The van der Waals surface area contributed by atoms with Crippen molar-refractivity contribution in [3.63, 3.8) is 0 Å². The summed E-state index contributed by atoms with van der Waals surface area (Å²) in [6, 6.07) is 11.0. The number of thiazole rings is 1. The molecular weight excluding hydrogens is 412 g/mol. The molecule has 1 aromatic heterocycles. The number of rotatable bonds is 7. The topological polar surface area (TPSA) is 84.8 Å². The van der Waals surface area contributed by atoms with E-state index < -0.39 is 0 Å². The lowest BCUT2D eigenvalue weighted by Gasteiger charge is -2.10. The SMILES string of the molecule is COc1ccc(/C=N\Nc2nc(-c3ccc(NC(C)=O)cc3)cs2)c(Cl)c1OC. The first kappa shape index (κ1) is 20.6. The Morgan fingerprint density at radius 2 is 1.93 bits per heavy atom. The van der Waals surface area contributed by atoms with Crippen LogP contribution in [0.15, 0.2) is 46.9 Å². The predicted octanol–water partition coefficient (Wildman–Crippen LogP) is 4.89. The Bertz CT molecular complexity index is 1030. The summed E-state index contributed by atoms with van der Waals surface area (Å²) in [6.45, 7) is 1.47. The van der Waals surface area contributed by atoms with Gasteiger partial charge in [0.25, 0.3) is 0 Å². The van der Waals surface area contributed by atoms with Crippen molar-refractivity contribution in [3.8, 4) is 22.8 Å². The minimum atomic E-state index is -0.106. The number of halogens is 1. The quantitative estimate of drug-likeness (QED) is 0.412. The van der Waals surface area contributed by atoms with Gasteiger partial charge in [-0.25, -0.2) is 4.98 Å². The number of aromatic nitrogens is 1. The molecule has 3 rings (SSSR count). The van der Waals surface area contributed by atoms with Crippen molar-refractivity contribution in [2.45, 2.75) is 6.92 Å². The summed E-state index contributed by atoms with van der Waals surface area (Å²) in [5.41, 5.74) is 6.08. The second kappa shape index (κ2) is 9.40. The van der Waals surface area contributed by atoms with Crippen LogP contribution in [0, 0.1) is 0 Å². The highest BCUT2D eigenvalue weighted by atomic mass is 35.5. The Morgan fingerprint density at radius 3 is 2.59 bits per heavy atom. The molecule has 3 aromatic rings. The molecule has 0 bridgehead atoms. The number of hydrogen-bond acceptors (Lipinski definition) is 7. The molecule has 0 aliphatic rings. The second-order valence-corrected chi connectivity index (χ2v) is 7.11. The van der Waals surface area contributed by atoms with Crippen LogP contribution in [0.25, 0.3) is 11.3 Å². The van der Waals surface area contributed by atoms with Crippen LogP contribution in [0.5, 0.6) is 11.5 Å². The molecule has 2 N–H and O–H groups in total. The number of nitrogens with one attached hydrogen (secondary N) is 2. The van der Waals surface area contributed by atoms with E-state index in [1.54, 1.807) is 25.5 Å². The van der Waals surface area contributed by atoms with Gasteiger partial charge in [0.15, 0.2) is 11.5 Å². The number of methoxy groups -OCH3 is 2. The highest BCUT2D eigenvalue weighted by Crippen LogP contribution is 2.36. The van der Waals surface area contributed by atoms with E-state index in [0.29, 0.717) is 27.2 Å². The Morgan fingerprint density at radius 1 is 1.17 bits per heavy atom. The third-order valence-electron chi connectivity index (χ3n) is 3.88. The summed E-state index contributed by atoms with van der Waals surface area (Å²) in [6.07, 6.45) is 1.59. The number of benzene rings is 2. The van der Waals surface area contributed by atoms with Gasteiger partial charge in [0, 0.05) is 29.1 Å². The van der Waals surface area contributed by atoms with E-state index in [-0.39, 0.29) is 5.91 Å². The number of carbonyl (C=O) groups excluding carboxylic acids is 1. The van der Waals surface area contributed by atoms with Crippen LogP contribution >= 0.6 is 22.9 Å². The third-order valence-corrected chi connectivity index (χ3v) is 5.02. The molecule has 0 saturated carbocycles. The van der Waals surface area contributed by atoms with Gasteiger partial charge in [0.1, 0.15) is 0 Å². The van der Waals surface area contributed by atoms with Gasteiger partial charge in [0.05, 0.1) is 31.2 Å². The van der Waals surface area contributed by atoms with Crippen molar-refractivity contribution in [2.24, 2.45) is 5.10 Å². The largest absolute Gasteiger partial charge is 0.493 e. The van der Waals surface area contributed by atoms with E-state index in [2.05, 4.69) is 20.8 Å². The summed E-state index contributed by atoms with van der Waals surface area (Å²) in [5.74, 6) is 0.902.